The van der Waals surface area contributed by atoms with E-state index >= 15 is 0 Å². The third-order valence-electron chi connectivity index (χ3n) is 2.97. The summed E-state index contributed by atoms with van der Waals surface area (Å²) in [4.78, 5) is 0. The van der Waals surface area contributed by atoms with Crippen LogP contribution in [0.5, 0.6) is 11.5 Å². The zero-order chi connectivity index (χ0) is 15.6. The first-order valence-electron chi connectivity index (χ1n) is 7.29. The predicted octanol–water partition coefficient (Wildman–Crippen LogP) is 5.53. The maximum atomic E-state index is 12.0. The fraction of sp³-hybridized carbons (Fsp3) is 0.562. The van der Waals surface area contributed by atoms with Gasteiger partial charge in [-0.25, -0.2) is 0 Å². The van der Waals surface area contributed by atoms with E-state index in [1.165, 1.54) is 49.9 Å². The van der Waals surface area contributed by atoms with Crippen molar-refractivity contribution < 1.29 is 22.6 Å². The van der Waals surface area contributed by atoms with Crippen molar-refractivity contribution in [2.45, 2.75) is 51.3 Å². The second-order valence-electron chi connectivity index (χ2n) is 4.84. The summed E-state index contributed by atoms with van der Waals surface area (Å²) in [5.41, 5.74) is 0. The topological polar surface area (TPSA) is 18.5 Å². The molecule has 0 aromatic heterocycles. The number of hydrogen-bond donors (Lipinski definition) is 0. The van der Waals surface area contributed by atoms with Gasteiger partial charge in [0, 0.05) is 0 Å². The molecule has 0 aliphatic heterocycles. The quantitative estimate of drug-likeness (QED) is 0.529. The average Bonchev–Trinajstić information content (AvgIpc) is 2.42. The summed E-state index contributed by atoms with van der Waals surface area (Å²) in [6, 6.07) is 5.47. The Hall–Kier alpha value is -1.39. The Bertz CT molecular complexity index is 374. The van der Waals surface area contributed by atoms with E-state index in [-0.39, 0.29) is 5.75 Å². The maximum Gasteiger partial charge on any atom is 0.573 e. The second-order valence-corrected chi connectivity index (χ2v) is 4.84. The average molecular weight is 303 g/mol. The van der Waals surface area contributed by atoms with E-state index in [0.29, 0.717) is 12.4 Å². The minimum atomic E-state index is -4.66. The number of benzene rings is 1. The van der Waals surface area contributed by atoms with Crippen LogP contribution in [0, 0.1) is 6.92 Å². The van der Waals surface area contributed by atoms with Crippen molar-refractivity contribution in [3.63, 3.8) is 0 Å². The molecule has 0 amide bonds. The van der Waals surface area contributed by atoms with Gasteiger partial charge in [-0.2, -0.15) is 0 Å². The number of hydrogen-bond acceptors (Lipinski definition) is 2. The molecule has 0 saturated heterocycles. The normalized spacial score (nSPS) is 11.4. The van der Waals surface area contributed by atoms with Gasteiger partial charge in [-0.15, -0.1) is 13.2 Å². The largest absolute Gasteiger partial charge is 0.573 e. The minimum Gasteiger partial charge on any atom is -0.494 e. The molecule has 119 valence electrons. The van der Waals surface area contributed by atoms with Crippen molar-refractivity contribution in [2.24, 2.45) is 0 Å². The number of unbranched alkanes of at least 4 members (excludes halogenated alkanes) is 6. The van der Waals surface area contributed by atoms with Crippen LogP contribution in [-0.4, -0.2) is 13.0 Å². The molecule has 0 heterocycles. The molecule has 1 rings (SSSR count). The fourth-order valence-corrected chi connectivity index (χ4v) is 1.91. The third kappa shape index (κ3) is 9.21. The standard InChI is InChI=1S/C16H22F3O2/c1-2-3-4-5-6-7-8-13-20-14-9-11-15(12-10-14)21-16(17,18)19/h9-12H,1-8,13H2. The predicted molar refractivity (Wildman–Crippen MR) is 76.3 cm³/mol. The third-order valence-corrected chi connectivity index (χ3v) is 2.97. The van der Waals surface area contributed by atoms with E-state index in [0.717, 1.165) is 19.3 Å². The summed E-state index contributed by atoms with van der Waals surface area (Å²) in [6.45, 7) is 4.38. The van der Waals surface area contributed by atoms with Crippen LogP contribution in [0.25, 0.3) is 0 Å². The molecule has 1 aromatic rings. The summed E-state index contributed by atoms with van der Waals surface area (Å²) in [5, 5.41) is 0. The van der Waals surface area contributed by atoms with Crippen molar-refractivity contribution in [1.82, 2.24) is 0 Å². The number of halogens is 3. The van der Waals surface area contributed by atoms with E-state index in [9.17, 15) is 13.2 Å². The number of ether oxygens (including phenoxy) is 2. The van der Waals surface area contributed by atoms with Gasteiger partial charge in [-0.3, -0.25) is 0 Å². The van der Waals surface area contributed by atoms with Crippen molar-refractivity contribution in [1.29, 1.82) is 0 Å². The first kappa shape index (κ1) is 17.7. The number of alkyl halides is 3. The van der Waals surface area contributed by atoms with Gasteiger partial charge in [0.15, 0.2) is 0 Å². The van der Waals surface area contributed by atoms with Crippen LogP contribution in [-0.2, 0) is 0 Å². The molecule has 0 aliphatic rings. The molecular weight excluding hydrogens is 281 g/mol. The lowest BCUT2D eigenvalue weighted by Crippen LogP contribution is -2.16. The van der Waals surface area contributed by atoms with Gasteiger partial charge >= 0.3 is 6.36 Å². The summed E-state index contributed by atoms with van der Waals surface area (Å²) >= 11 is 0. The highest BCUT2D eigenvalue weighted by atomic mass is 19.4. The molecule has 2 nitrogen and oxygen atoms in total. The van der Waals surface area contributed by atoms with Gasteiger partial charge in [0.05, 0.1) is 6.61 Å². The van der Waals surface area contributed by atoms with E-state index < -0.39 is 6.36 Å². The van der Waals surface area contributed by atoms with Gasteiger partial charge in [0.25, 0.3) is 0 Å². The zero-order valence-electron chi connectivity index (χ0n) is 12.1. The smallest absolute Gasteiger partial charge is 0.494 e. The van der Waals surface area contributed by atoms with Gasteiger partial charge in [0.1, 0.15) is 11.5 Å². The summed E-state index contributed by atoms with van der Waals surface area (Å²) in [6.07, 6.45) is 3.21. The highest BCUT2D eigenvalue weighted by Gasteiger charge is 2.30. The van der Waals surface area contributed by atoms with Crippen LogP contribution < -0.4 is 9.47 Å². The Kier molecular flexibility index (Phi) is 8.01. The maximum absolute atomic E-state index is 12.0. The Morgan fingerprint density at radius 1 is 0.810 bits per heavy atom. The van der Waals surface area contributed by atoms with Crippen molar-refractivity contribution >= 4 is 0 Å². The SMILES string of the molecule is [CH2]CCCCCCCCOc1ccc(OC(F)(F)F)cc1. The fourth-order valence-electron chi connectivity index (χ4n) is 1.91. The Morgan fingerprint density at radius 3 is 1.90 bits per heavy atom. The Balaban J connectivity index is 2.13. The van der Waals surface area contributed by atoms with Crippen LogP contribution in [0.2, 0.25) is 0 Å². The molecule has 0 aliphatic carbocycles. The van der Waals surface area contributed by atoms with Gasteiger partial charge in [-0.1, -0.05) is 45.4 Å². The molecule has 0 saturated carbocycles. The van der Waals surface area contributed by atoms with E-state index in [1.54, 1.807) is 0 Å². The molecule has 0 unspecified atom stereocenters. The van der Waals surface area contributed by atoms with Crippen LogP contribution in [0.15, 0.2) is 24.3 Å². The summed E-state index contributed by atoms with van der Waals surface area (Å²) < 4.78 is 45.2. The molecule has 0 bridgehead atoms. The highest BCUT2D eigenvalue weighted by Crippen LogP contribution is 2.24. The Morgan fingerprint density at radius 2 is 1.33 bits per heavy atom. The highest BCUT2D eigenvalue weighted by molar-refractivity contribution is 5.31. The molecular formula is C16H22F3O2. The molecule has 21 heavy (non-hydrogen) atoms. The van der Waals surface area contributed by atoms with Crippen LogP contribution in [0.1, 0.15) is 44.9 Å². The molecule has 0 fully saturated rings. The molecule has 0 N–H and O–H groups in total. The van der Waals surface area contributed by atoms with Crippen LogP contribution >= 0.6 is 0 Å². The van der Waals surface area contributed by atoms with E-state index in [2.05, 4.69) is 11.7 Å². The summed E-state index contributed by atoms with van der Waals surface area (Å²) in [5.74, 6) is 0.321. The van der Waals surface area contributed by atoms with Crippen molar-refractivity contribution in [3.05, 3.63) is 31.2 Å². The molecule has 1 aromatic carbocycles. The monoisotopic (exact) mass is 303 g/mol. The lowest BCUT2D eigenvalue weighted by atomic mass is 10.1. The van der Waals surface area contributed by atoms with Gasteiger partial charge in [0.2, 0.25) is 0 Å². The first-order valence-corrected chi connectivity index (χ1v) is 7.29. The van der Waals surface area contributed by atoms with Crippen molar-refractivity contribution in [2.75, 3.05) is 6.61 Å². The summed E-state index contributed by atoms with van der Waals surface area (Å²) in [7, 11) is 0. The number of rotatable bonds is 10. The van der Waals surface area contributed by atoms with Gasteiger partial charge in [-0.05, 0) is 30.7 Å². The van der Waals surface area contributed by atoms with Gasteiger partial charge < -0.3 is 9.47 Å². The molecule has 0 atom stereocenters. The minimum absolute atomic E-state index is 0.236. The lowest BCUT2D eigenvalue weighted by Gasteiger charge is -2.10. The van der Waals surface area contributed by atoms with Crippen LogP contribution in [0.4, 0.5) is 13.2 Å². The Labute approximate surface area is 124 Å². The molecule has 5 heteroatoms. The lowest BCUT2D eigenvalue weighted by molar-refractivity contribution is -0.274. The zero-order valence-corrected chi connectivity index (χ0v) is 12.1. The molecule has 0 spiro atoms. The molecule has 1 radical (unpaired) electrons. The van der Waals surface area contributed by atoms with E-state index in [4.69, 9.17) is 4.74 Å². The van der Waals surface area contributed by atoms with Crippen molar-refractivity contribution in [3.8, 4) is 11.5 Å². The van der Waals surface area contributed by atoms with Crippen LogP contribution in [0.3, 0.4) is 0 Å². The first-order chi connectivity index (χ1) is 10.0. The second kappa shape index (κ2) is 9.53. The van der Waals surface area contributed by atoms with E-state index in [1.807, 2.05) is 0 Å².